The van der Waals surface area contributed by atoms with Crippen molar-refractivity contribution in [3.05, 3.63) is 22.5 Å². The lowest BCUT2D eigenvalue weighted by molar-refractivity contribution is -0.0768. The zero-order valence-electron chi connectivity index (χ0n) is 11.0. The van der Waals surface area contributed by atoms with Gasteiger partial charge in [0.2, 0.25) is 0 Å². The van der Waals surface area contributed by atoms with Gasteiger partial charge in [0.25, 0.3) is 0 Å². The quantitative estimate of drug-likeness (QED) is 0.463. The lowest BCUT2D eigenvalue weighted by atomic mass is 9.94. The molecule has 1 aliphatic rings. The summed E-state index contributed by atoms with van der Waals surface area (Å²) in [4.78, 5) is 15.0. The van der Waals surface area contributed by atoms with E-state index >= 15 is 0 Å². The summed E-state index contributed by atoms with van der Waals surface area (Å²) in [5, 5.41) is 29.6. The first-order valence-corrected chi connectivity index (χ1v) is 6.00. The number of aliphatic hydroxyl groups is 3. The van der Waals surface area contributed by atoms with Gasteiger partial charge in [-0.2, -0.15) is 4.98 Å². The fourth-order valence-electron chi connectivity index (χ4n) is 2.16. The number of nitrogen functional groups attached to an aromatic ring is 1. The van der Waals surface area contributed by atoms with Crippen molar-refractivity contribution in [3.63, 3.8) is 0 Å². The maximum atomic E-state index is 13.5. The van der Waals surface area contributed by atoms with Crippen molar-refractivity contribution in [2.75, 3.05) is 12.3 Å². The second kappa shape index (κ2) is 5.42. The largest absolute Gasteiger partial charge is 0.394 e. The van der Waals surface area contributed by atoms with Crippen LogP contribution in [0.15, 0.2) is 11.0 Å². The summed E-state index contributed by atoms with van der Waals surface area (Å²) in [6.45, 7) is 0.781. The van der Waals surface area contributed by atoms with E-state index in [1.165, 1.54) is 6.92 Å². The number of ether oxygens (including phenoxy) is 1. The van der Waals surface area contributed by atoms with Gasteiger partial charge >= 0.3 is 5.69 Å². The molecule has 1 fully saturated rings. The molecule has 2 rings (SSSR count). The topological polar surface area (TPSA) is 131 Å². The molecule has 1 saturated heterocycles. The molecule has 1 unspecified atom stereocenters. The number of halogens is 1. The molecule has 2 heterocycles. The van der Waals surface area contributed by atoms with Gasteiger partial charge in [-0.25, -0.2) is 9.18 Å². The predicted molar refractivity (Wildman–Crippen MR) is 68.3 cm³/mol. The SMILES string of the molecule is CC#C[C@@]1(O)C(O)[C@@H](CO)O[C@H]1n1cc(F)c(N)nc1=O. The average molecular weight is 299 g/mol. The molecule has 1 aliphatic heterocycles. The Bertz CT molecular complexity index is 667. The van der Waals surface area contributed by atoms with Gasteiger partial charge in [-0.15, -0.1) is 5.92 Å². The third-order valence-electron chi connectivity index (χ3n) is 3.18. The number of aliphatic hydroxyl groups excluding tert-OH is 2. The molecule has 0 saturated carbocycles. The van der Waals surface area contributed by atoms with E-state index in [-0.39, 0.29) is 0 Å². The molecule has 1 aromatic rings. The Morgan fingerprint density at radius 2 is 2.33 bits per heavy atom. The normalized spacial score (nSPS) is 31.8. The van der Waals surface area contributed by atoms with E-state index in [4.69, 9.17) is 15.6 Å². The number of nitrogens with two attached hydrogens (primary N) is 1. The second-order valence-corrected chi connectivity index (χ2v) is 4.52. The van der Waals surface area contributed by atoms with E-state index in [2.05, 4.69) is 16.8 Å². The number of aromatic nitrogens is 2. The molecular weight excluding hydrogens is 285 g/mol. The molecule has 21 heavy (non-hydrogen) atoms. The Kier molecular flexibility index (Phi) is 3.97. The number of rotatable bonds is 2. The van der Waals surface area contributed by atoms with Crippen LogP contribution in [-0.2, 0) is 4.74 Å². The molecule has 0 amide bonds. The van der Waals surface area contributed by atoms with Crippen molar-refractivity contribution in [2.24, 2.45) is 0 Å². The fourth-order valence-corrected chi connectivity index (χ4v) is 2.16. The molecule has 4 atom stereocenters. The summed E-state index contributed by atoms with van der Waals surface area (Å²) < 4.78 is 19.3. The molecule has 9 heteroatoms. The lowest BCUT2D eigenvalue weighted by Gasteiger charge is -2.26. The van der Waals surface area contributed by atoms with E-state index in [1.54, 1.807) is 0 Å². The monoisotopic (exact) mass is 299 g/mol. The van der Waals surface area contributed by atoms with E-state index in [0.717, 1.165) is 0 Å². The van der Waals surface area contributed by atoms with Gasteiger partial charge in [-0.3, -0.25) is 4.57 Å². The van der Waals surface area contributed by atoms with Crippen LogP contribution in [0.5, 0.6) is 0 Å². The standard InChI is InChI=1S/C12H14FN3O5/c1-2-3-12(20)8(18)7(5-17)21-10(12)16-4-6(13)9(14)15-11(16)19/h4,7-8,10,17-18,20H,5H2,1H3,(H2,14,15,19)/t7-,8?,10-,12-/m1/s1. The summed E-state index contributed by atoms with van der Waals surface area (Å²) in [5.74, 6) is 3.13. The van der Waals surface area contributed by atoms with E-state index in [1.807, 2.05) is 0 Å². The molecule has 0 bridgehead atoms. The van der Waals surface area contributed by atoms with Gasteiger partial charge in [0.15, 0.2) is 23.5 Å². The molecule has 0 spiro atoms. The van der Waals surface area contributed by atoms with Crippen molar-refractivity contribution in [1.82, 2.24) is 9.55 Å². The van der Waals surface area contributed by atoms with Crippen LogP contribution in [0.2, 0.25) is 0 Å². The van der Waals surface area contributed by atoms with Gasteiger partial charge in [-0.05, 0) is 6.92 Å². The lowest BCUT2D eigenvalue weighted by Crippen LogP contribution is -2.48. The summed E-state index contributed by atoms with van der Waals surface area (Å²) in [6.07, 6.45) is -3.61. The van der Waals surface area contributed by atoms with Crippen LogP contribution < -0.4 is 11.4 Å². The third-order valence-corrected chi connectivity index (χ3v) is 3.18. The highest BCUT2D eigenvalue weighted by molar-refractivity contribution is 5.28. The van der Waals surface area contributed by atoms with Gasteiger partial charge in [0, 0.05) is 0 Å². The van der Waals surface area contributed by atoms with Crippen molar-refractivity contribution in [3.8, 4) is 11.8 Å². The maximum Gasteiger partial charge on any atom is 0.351 e. The first-order valence-electron chi connectivity index (χ1n) is 6.00. The Balaban J connectivity index is 2.58. The molecular formula is C12H14FN3O5. The first-order chi connectivity index (χ1) is 9.85. The Hall–Kier alpha value is -1.99. The highest BCUT2D eigenvalue weighted by Crippen LogP contribution is 2.37. The van der Waals surface area contributed by atoms with Crippen molar-refractivity contribution in [2.45, 2.75) is 31.0 Å². The average Bonchev–Trinajstić information content (AvgIpc) is 2.67. The summed E-state index contributed by atoms with van der Waals surface area (Å²) in [7, 11) is 0. The van der Waals surface area contributed by atoms with Crippen LogP contribution in [0.1, 0.15) is 13.2 Å². The van der Waals surface area contributed by atoms with E-state index in [9.17, 15) is 19.4 Å². The predicted octanol–water partition coefficient (Wildman–Crippen LogP) is -2.03. The van der Waals surface area contributed by atoms with Gasteiger partial charge in [-0.1, -0.05) is 5.92 Å². The minimum absolute atomic E-state index is 0.599. The van der Waals surface area contributed by atoms with Crippen molar-refractivity contribution in [1.29, 1.82) is 0 Å². The molecule has 8 nitrogen and oxygen atoms in total. The minimum Gasteiger partial charge on any atom is -0.394 e. The number of nitrogens with zero attached hydrogens (tertiary/aromatic N) is 2. The molecule has 114 valence electrons. The highest BCUT2D eigenvalue weighted by Gasteiger charge is 2.55. The summed E-state index contributed by atoms with van der Waals surface area (Å²) in [5.41, 5.74) is 1.99. The van der Waals surface area contributed by atoms with Gasteiger partial charge < -0.3 is 25.8 Å². The van der Waals surface area contributed by atoms with Crippen molar-refractivity contribution >= 4 is 5.82 Å². The first kappa shape index (κ1) is 15.4. The maximum absolute atomic E-state index is 13.5. The second-order valence-electron chi connectivity index (χ2n) is 4.52. The zero-order chi connectivity index (χ0) is 15.8. The van der Waals surface area contributed by atoms with Gasteiger partial charge in [0.1, 0.15) is 12.2 Å². The number of anilines is 1. The van der Waals surface area contributed by atoms with Crippen molar-refractivity contribution < 1.29 is 24.4 Å². The molecule has 0 aliphatic carbocycles. The number of hydrogen-bond acceptors (Lipinski definition) is 7. The minimum atomic E-state index is -2.20. The Morgan fingerprint density at radius 1 is 1.67 bits per heavy atom. The summed E-state index contributed by atoms with van der Waals surface area (Å²) >= 11 is 0. The third kappa shape index (κ3) is 2.38. The zero-order valence-corrected chi connectivity index (χ0v) is 11.0. The Labute approximate surface area is 118 Å². The smallest absolute Gasteiger partial charge is 0.351 e. The van der Waals surface area contributed by atoms with Crippen LogP contribution in [-0.4, -0.2) is 49.3 Å². The summed E-state index contributed by atoms with van der Waals surface area (Å²) in [6, 6.07) is 0. The molecule has 5 N–H and O–H groups in total. The van der Waals surface area contributed by atoms with E-state index in [0.29, 0.717) is 10.8 Å². The van der Waals surface area contributed by atoms with Gasteiger partial charge in [0.05, 0.1) is 12.8 Å². The van der Waals surface area contributed by atoms with Crippen LogP contribution in [0.3, 0.4) is 0 Å². The van der Waals surface area contributed by atoms with E-state index < -0.39 is 48.0 Å². The number of hydrogen-bond donors (Lipinski definition) is 4. The fraction of sp³-hybridized carbons (Fsp3) is 0.500. The van der Waals surface area contributed by atoms with Crippen LogP contribution in [0.4, 0.5) is 10.2 Å². The molecule has 1 aromatic heterocycles. The van der Waals surface area contributed by atoms with Crippen LogP contribution in [0, 0.1) is 17.7 Å². The highest BCUT2D eigenvalue weighted by atomic mass is 19.1. The Morgan fingerprint density at radius 3 is 2.90 bits per heavy atom. The van der Waals surface area contributed by atoms with Crippen LogP contribution in [0.25, 0.3) is 0 Å². The molecule has 0 radical (unpaired) electrons. The molecule has 0 aromatic carbocycles. The van der Waals surface area contributed by atoms with Crippen LogP contribution >= 0.6 is 0 Å².